The number of benzene rings is 1. The topological polar surface area (TPSA) is 70.2 Å². The zero-order valence-electron chi connectivity index (χ0n) is 9.53. The number of nitrogens with one attached hydrogen (secondary N) is 1. The lowest BCUT2D eigenvalue weighted by Gasteiger charge is -2.07. The van der Waals surface area contributed by atoms with Crippen LogP contribution in [-0.2, 0) is 0 Å². The van der Waals surface area contributed by atoms with Crippen LogP contribution in [0, 0.1) is 12.7 Å². The monoisotopic (exact) mass is 247 g/mol. The number of aromatic amines is 1. The normalized spacial score (nSPS) is 10.3. The highest BCUT2D eigenvalue weighted by Gasteiger charge is 2.13. The maximum absolute atomic E-state index is 13.1. The van der Waals surface area contributed by atoms with E-state index in [1.807, 2.05) is 0 Å². The van der Waals surface area contributed by atoms with Gasteiger partial charge < -0.3 is 10.1 Å². The van der Waals surface area contributed by atoms with E-state index in [9.17, 15) is 14.0 Å². The molecule has 0 saturated carbocycles. The number of aromatic nitrogens is 1. The van der Waals surface area contributed by atoms with Gasteiger partial charge in [0.1, 0.15) is 11.4 Å². The number of pyridine rings is 1. The van der Waals surface area contributed by atoms with Gasteiger partial charge in [-0.1, -0.05) is 12.1 Å². The summed E-state index contributed by atoms with van der Waals surface area (Å²) in [4.78, 5) is 24.8. The standard InChI is InChI=1S/C13H10FNO3/c1-7-10(8-3-2-4-9(14)5-8)6-11(13(17)18)12(16)15-7/h2-6H,1H3,(H,15,16)(H,17,18). The molecule has 1 heterocycles. The van der Waals surface area contributed by atoms with Crippen LogP contribution in [0.1, 0.15) is 16.1 Å². The van der Waals surface area contributed by atoms with Gasteiger partial charge in [0.05, 0.1) is 0 Å². The second-order valence-electron chi connectivity index (χ2n) is 3.87. The molecule has 0 bridgehead atoms. The minimum absolute atomic E-state index is 0.361. The van der Waals surface area contributed by atoms with E-state index < -0.39 is 17.3 Å². The van der Waals surface area contributed by atoms with E-state index in [1.165, 1.54) is 24.3 Å². The maximum Gasteiger partial charge on any atom is 0.341 e. The number of H-pyrrole nitrogens is 1. The fraction of sp³-hybridized carbons (Fsp3) is 0.0769. The van der Waals surface area contributed by atoms with Crippen molar-refractivity contribution in [3.63, 3.8) is 0 Å². The van der Waals surface area contributed by atoms with Crippen molar-refractivity contribution in [1.82, 2.24) is 4.98 Å². The van der Waals surface area contributed by atoms with Gasteiger partial charge in [-0.2, -0.15) is 0 Å². The Kier molecular flexibility index (Phi) is 2.97. The third-order valence-electron chi connectivity index (χ3n) is 2.60. The van der Waals surface area contributed by atoms with E-state index in [-0.39, 0.29) is 5.56 Å². The van der Waals surface area contributed by atoms with Crippen molar-refractivity contribution in [3.8, 4) is 11.1 Å². The van der Waals surface area contributed by atoms with Crippen LogP contribution >= 0.6 is 0 Å². The Morgan fingerprint density at radius 2 is 2.06 bits per heavy atom. The second-order valence-corrected chi connectivity index (χ2v) is 3.87. The molecule has 4 nitrogen and oxygen atoms in total. The summed E-state index contributed by atoms with van der Waals surface area (Å²) in [7, 11) is 0. The number of carbonyl (C=O) groups is 1. The Morgan fingerprint density at radius 1 is 1.33 bits per heavy atom. The second kappa shape index (κ2) is 4.44. The number of rotatable bonds is 2. The average Bonchev–Trinajstić information content (AvgIpc) is 2.28. The van der Waals surface area contributed by atoms with Gasteiger partial charge >= 0.3 is 5.97 Å². The van der Waals surface area contributed by atoms with Crippen LogP contribution in [0.15, 0.2) is 35.1 Å². The molecule has 0 radical (unpaired) electrons. The minimum Gasteiger partial charge on any atom is -0.477 e. The van der Waals surface area contributed by atoms with Gasteiger partial charge in [-0.05, 0) is 30.7 Å². The molecule has 0 aliphatic rings. The van der Waals surface area contributed by atoms with E-state index in [1.54, 1.807) is 13.0 Å². The lowest BCUT2D eigenvalue weighted by molar-refractivity contribution is 0.0695. The van der Waals surface area contributed by atoms with Gasteiger partial charge in [-0.25, -0.2) is 9.18 Å². The van der Waals surface area contributed by atoms with Gasteiger partial charge in [0.25, 0.3) is 5.56 Å². The molecule has 5 heteroatoms. The summed E-state index contributed by atoms with van der Waals surface area (Å²) in [5, 5.41) is 8.89. The first-order valence-electron chi connectivity index (χ1n) is 5.22. The summed E-state index contributed by atoms with van der Waals surface area (Å²) in [6.45, 7) is 1.63. The number of hydrogen-bond donors (Lipinski definition) is 2. The number of aryl methyl sites for hydroxylation is 1. The Labute approximate surface area is 102 Å². The van der Waals surface area contributed by atoms with E-state index in [0.717, 1.165) is 0 Å². The molecule has 0 saturated heterocycles. The number of carboxylic acids is 1. The van der Waals surface area contributed by atoms with Gasteiger partial charge in [0.15, 0.2) is 0 Å². The molecule has 0 aliphatic carbocycles. The molecule has 0 aliphatic heterocycles. The third kappa shape index (κ3) is 2.15. The first-order chi connectivity index (χ1) is 8.49. The molecule has 1 aromatic carbocycles. The first kappa shape index (κ1) is 12.0. The lowest BCUT2D eigenvalue weighted by atomic mass is 10.0. The summed E-state index contributed by atoms with van der Waals surface area (Å²) in [6.07, 6.45) is 0. The van der Waals surface area contributed by atoms with Crippen molar-refractivity contribution in [2.45, 2.75) is 6.92 Å². The Balaban J connectivity index is 2.68. The van der Waals surface area contributed by atoms with Crippen molar-refractivity contribution in [3.05, 3.63) is 57.8 Å². The largest absolute Gasteiger partial charge is 0.477 e. The number of hydrogen-bond acceptors (Lipinski definition) is 2. The van der Waals surface area contributed by atoms with Gasteiger partial charge in [0.2, 0.25) is 0 Å². The number of carboxylic acid groups (broad SMARTS) is 1. The summed E-state index contributed by atoms with van der Waals surface area (Å²) in [6, 6.07) is 7.01. The molecule has 0 fully saturated rings. The van der Waals surface area contributed by atoms with Gasteiger partial charge in [-0.3, -0.25) is 4.79 Å². The van der Waals surface area contributed by atoms with E-state index in [2.05, 4.69) is 4.98 Å². The summed E-state index contributed by atoms with van der Waals surface area (Å²) in [5.74, 6) is -1.73. The van der Waals surface area contributed by atoms with Gasteiger partial charge in [0, 0.05) is 11.3 Å². The molecule has 18 heavy (non-hydrogen) atoms. The molecular formula is C13H10FNO3. The van der Waals surface area contributed by atoms with Crippen molar-refractivity contribution < 1.29 is 14.3 Å². The highest BCUT2D eigenvalue weighted by molar-refractivity contribution is 5.89. The van der Waals surface area contributed by atoms with Crippen molar-refractivity contribution in [2.24, 2.45) is 0 Å². The number of halogens is 1. The molecular weight excluding hydrogens is 237 g/mol. The van der Waals surface area contributed by atoms with E-state index in [0.29, 0.717) is 16.8 Å². The molecule has 0 amide bonds. The van der Waals surface area contributed by atoms with Crippen molar-refractivity contribution in [2.75, 3.05) is 0 Å². The minimum atomic E-state index is -1.31. The summed E-state index contributed by atoms with van der Waals surface area (Å²) < 4.78 is 13.1. The Bertz CT molecular complexity index is 676. The predicted octanol–water partition coefficient (Wildman–Crippen LogP) is 2.19. The predicted molar refractivity (Wildman–Crippen MR) is 64.2 cm³/mol. The van der Waals surface area contributed by atoms with E-state index >= 15 is 0 Å². The molecule has 0 unspecified atom stereocenters. The summed E-state index contributed by atoms with van der Waals surface area (Å²) >= 11 is 0. The van der Waals surface area contributed by atoms with E-state index in [4.69, 9.17) is 5.11 Å². The highest BCUT2D eigenvalue weighted by atomic mass is 19.1. The molecule has 0 spiro atoms. The molecule has 0 atom stereocenters. The van der Waals surface area contributed by atoms with Crippen molar-refractivity contribution in [1.29, 1.82) is 0 Å². The van der Waals surface area contributed by atoms with Crippen molar-refractivity contribution >= 4 is 5.97 Å². The Hall–Kier alpha value is -2.43. The fourth-order valence-electron chi connectivity index (χ4n) is 1.74. The quantitative estimate of drug-likeness (QED) is 0.854. The van der Waals surface area contributed by atoms with Crippen LogP contribution in [0.2, 0.25) is 0 Å². The molecule has 1 aromatic heterocycles. The Morgan fingerprint density at radius 3 is 2.67 bits per heavy atom. The smallest absolute Gasteiger partial charge is 0.341 e. The molecule has 2 N–H and O–H groups in total. The summed E-state index contributed by atoms with van der Waals surface area (Å²) in [5.41, 5.74) is 0.480. The third-order valence-corrected chi connectivity index (χ3v) is 2.60. The van der Waals surface area contributed by atoms with Crippen LogP contribution in [0.25, 0.3) is 11.1 Å². The first-order valence-corrected chi connectivity index (χ1v) is 5.22. The van der Waals surface area contributed by atoms with Crippen LogP contribution in [0.4, 0.5) is 4.39 Å². The molecule has 2 rings (SSSR count). The average molecular weight is 247 g/mol. The molecule has 2 aromatic rings. The molecule has 92 valence electrons. The lowest BCUT2D eigenvalue weighted by Crippen LogP contribution is -2.18. The zero-order valence-corrected chi connectivity index (χ0v) is 9.53. The number of aromatic carboxylic acids is 1. The highest BCUT2D eigenvalue weighted by Crippen LogP contribution is 2.22. The van der Waals surface area contributed by atoms with Crippen LogP contribution in [-0.4, -0.2) is 16.1 Å². The maximum atomic E-state index is 13.1. The van der Waals surface area contributed by atoms with Gasteiger partial charge in [-0.15, -0.1) is 0 Å². The van der Waals surface area contributed by atoms with Crippen LogP contribution < -0.4 is 5.56 Å². The zero-order chi connectivity index (χ0) is 13.3. The van der Waals surface area contributed by atoms with Crippen LogP contribution in [0.3, 0.4) is 0 Å². The SMILES string of the molecule is Cc1[nH]c(=O)c(C(=O)O)cc1-c1cccc(F)c1. The fourth-order valence-corrected chi connectivity index (χ4v) is 1.74. The van der Waals surface area contributed by atoms with Crippen LogP contribution in [0.5, 0.6) is 0 Å².